The summed E-state index contributed by atoms with van der Waals surface area (Å²) in [7, 11) is 3.27. The Hall–Kier alpha value is -2.75. The number of hydrogen-bond donors (Lipinski definition) is 1. The molecule has 2 rings (SSSR count). The summed E-state index contributed by atoms with van der Waals surface area (Å²) in [5, 5.41) is 3.16. The van der Waals surface area contributed by atoms with Gasteiger partial charge in [0, 0.05) is 24.4 Å². The monoisotopic (exact) mass is 339 g/mol. The number of ether oxygens (including phenoxy) is 2. The molecule has 2 aromatic carbocycles. The molecule has 25 heavy (non-hydrogen) atoms. The van der Waals surface area contributed by atoms with Gasteiger partial charge in [-0.15, -0.1) is 0 Å². The molecular formula is C21H25NO3. The minimum Gasteiger partial charge on any atom is -0.493 e. The molecule has 0 fully saturated rings. The van der Waals surface area contributed by atoms with Crippen LogP contribution in [0.4, 0.5) is 5.69 Å². The molecule has 0 unspecified atom stereocenters. The maximum atomic E-state index is 11.3. The molecule has 0 aromatic heterocycles. The van der Waals surface area contributed by atoms with Crippen LogP contribution in [0.3, 0.4) is 0 Å². The minimum absolute atomic E-state index is 0.376. The Morgan fingerprint density at radius 2 is 2.04 bits per heavy atom. The number of esters is 1. The van der Waals surface area contributed by atoms with Gasteiger partial charge < -0.3 is 14.8 Å². The lowest BCUT2D eigenvalue weighted by Gasteiger charge is -2.13. The van der Waals surface area contributed by atoms with Crippen molar-refractivity contribution in [3.63, 3.8) is 0 Å². The zero-order chi connectivity index (χ0) is 18.1. The van der Waals surface area contributed by atoms with Crippen molar-refractivity contribution < 1.29 is 14.3 Å². The van der Waals surface area contributed by atoms with Gasteiger partial charge in [-0.3, -0.25) is 0 Å². The molecule has 2 aromatic rings. The van der Waals surface area contributed by atoms with E-state index in [0.717, 1.165) is 41.0 Å². The molecule has 0 spiro atoms. The number of nitrogens with one attached hydrogen (secondary N) is 1. The van der Waals surface area contributed by atoms with Gasteiger partial charge in [-0.1, -0.05) is 37.6 Å². The highest BCUT2D eigenvalue weighted by Gasteiger charge is 2.08. The van der Waals surface area contributed by atoms with Crippen molar-refractivity contribution in [3.05, 3.63) is 54.1 Å². The molecule has 0 bridgehead atoms. The number of hydrogen-bond acceptors (Lipinski definition) is 4. The fourth-order valence-electron chi connectivity index (χ4n) is 2.40. The smallest absolute Gasteiger partial charge is 0.330 e. The van der Waals surface area contributed by atoms with Crippen molar-refractivity contribution >= 4 is 17.7 Å². The van der Waals surface area contributed by atoms with Gasteiger partial charge in [-0.2, -0.15) is 0 Å². The van der Waals surface area contributed by atoms with Crippen LogP contribution in [0.15, 0.2) is 48.5 Å². The Labute approximate surface area is 149 Å². The predicted molar refractivity (Wildman–Crippen MR) is 103 cm³/mol. The number of unbranched alkanes of at least 4 members (excludes halogenated alkanes) is 1. The number of carbonyl (C=O) groups is 1. The molecule has 0 heterocycles. The highest BCUT2D eigenvalue weighted by molar-refractivity contribution is 5.87. The number of anilines is 1. The zero-order valence-corrected chi connectivity index (χ0v) is 15.0. The Morgan fingerprint density at radius 1 is 1.20 bits per heavy atom. The number of methoxy groups -OCH3 is 1. The number of carbonyl (C=O) groups excluding carboxylic acids is 1. The first kappa shape index (κ1) is 18.6. The molecule has 0 saturated heterocycles. The number of benzene rings is 2. The van der Waals surface area contributed by atoms with Crippen molar-refractivity contribution in [3.8, 4) is 16.9 Å². The van der Waals surface area contributed by atoms with Crippen LogP contribution < -0.4 is 10.1 Å². The quantitative estimate of drug-likeness (QED) is 0.428. The SMILES string of the molecule is CCCCOc1cc(C=CC(=O)OC)ccc1-c1cccc(NC)c1. The lowest BCUT2D eigenvalue weighted by Crippen LogP contribution is -1.99. The fourth-order valence-corrected chi connectivity index (χ4v) is 2.40. The molecule has 0 aliphatic heterocycles. The summed E-state index contributed by atoms with van der Waals surface area (Å²) in [4.78, 5) is 11.3. The molecule has 1 N–H and O–H groups in total. The van der Waals surface area contributed by atoms with Gasteiger partial charge in [-0.25, -0.2) is 4.79 Å². The molecule has 0 saturated carbocycles. The van der Waals surface area contributed by atoms with E-state index in [0.29, 0.717) is 6.61 Å². The summed E-state index contributed by atoms with van der Waals surface area (Å²) in [6.45, 7) is 2.80. The topological polar surface area (TPSA) is 47.6 Å². The molecule has 0 amide bonds. The summed E-state index contributed by atoms with van der Waals surface area (Å²) in [6.07, 6.45) is 5.21. The van der Waals surface area contributed by atoms with Gasteiger partial charge in [0.1, 0.15) is 5.75 Å². The standard InChI is InChI=1S/C21H25NO3/c1-4-5-13-25-20-14-16(10-12-21(23)24-3)9-11-19(20)17-7-6-8-18(15-17)22-2/h6-12,14-15,22H,4-5,13H2,1-3H3. The van der Waals surface area contributed by atoms with Gasteiger partial charge in [0.25, 0.3) is 0 Å². The lowest BCUT2D eigenvalue weighted by atomic mass is 10.0. The molecule has 4 nitrogen and oxygen atoms in total. The van der Waals surface area contributed by atoms with E-state index < -0.39 is 0 Å². The summed E-state index contributed by atoms with van der Waals surface area (Å²) in [6, 6.07) is 14.1. The zero-order valence-electron chi connectivity index (χ0n) is 15.0. The van der Waals surface area contributed by atoms with E-state index >= 15 is 0 Å². The third-order valence-corrected chi connectivity index (χ3v) is 3.84. The summed E-state index contributed by atoms with van der Waals surface area (Å²) in [5.41, 5.74) is 4.06. The van der Waals surface area contributed by atoms with Crippen LogP contribution in [0.2, 0.25) is 0 Å². The third kappa shape index (κ3) is 5.38. The van der Waals surface area contributed by atoms with E-state index in [9.17, 15) is 4.79 Å². The second-order valence-corrected chi connectivity index (χ2v) is 5.64. The van der Waals surface area contributed by atoms with Crippen molar-refractivity contribution in [1.82, 2.24) is 0 Å². The molecule has 0 atom stereocenters. The normalized spacial score (nSPS) is 10.7. The third-order valence-electron chi connectivity index (χ3n) is 3.84. The maximum absolute atomic E-state index is 11.3. The van der Waals surface area contributed by atoms with Crippen LogP contribution in [-0.4, -0.2) is 26.7 Å². The molecule has 4 heteroatoms. The van der Waals surface area contributed by atoms with Crippen molar-refractivity contribution in [1.29, 1.82) is 0 Å². The average molecular weight is 339 g/mol. The van der Waals surface area contributed by atoms with Crippen LogP contribution in [0.1, 0.15) is 25.3 Å². The van der Waals surface area contributed by atoms with Crippen LogP contribution >= 0.6 is 0 Å². The second kappa shape index (κ2) is 9.52. The highest BCUT2D eigenvalue weighted by atomic mass is 16.5. The first-order valence-corrected chi connectivity index (χ1v) is 8.49. The van der Waals surface area contributed by atoms with E-state index in [1.54, 1.807) is 6.08 Å². The Bertz CT molecular complexity index is 738. The summed E-state index contributed by atoms with van der Waals surface area (Å²) in [5.74, 6) is 0.438. The largest absolute Gasteiger partial charge is 0.493 e. The lowest BCUT2D eigenvalue weighted by molar-refractivity contribution is -0.134. The Morgan fingerprint density at radius 3 is 2.76 bits per heavy atom. The Balaban J connectivity index is 2.36. The highest BCUT2D eigenvalue weighted by Crippen LogP contribution is 2.33. The first-order chi connectivity index (χ1) is 12.2. The van der Waals surface area contributed by atoms with Gasteiger partial charge in [0.05, 0.1) is 13.7 Å². The molecule has 132 valence electrons. The van der Waals surface area contributed by atoms with Gasteiger partial charge in [-0.05, 0) is 41.8 Å². The number of rotatable bonds is 8. The van der Waals surface area contributed by atoms with Crippen LogP contribution in [0.25, 0.3) is 17.2 Å². The van der Waals surface area contributed by atoms with E-state index in [1.165, 1.54) is 13.2 Å². The van der Waals surface area contributed by atoms with E-state index in [2.05, 4.69) is 29.1 Å². The van der Waals surface area contributed by atoms with Crippen LogP contribution in [-0.2, 0) is 9.53 Å². The first-order valence-electron chi connectivity index (χ1n) is 8.49. The maximum Gasteiger partial charge on any atom is 0.330 e. The van der Waals surface area contributed by atoms with Crippen LogP contribution in [0.5, 0.6) is 5.75 Å². The van der Waals surface area contributed by atoms with E-state index in [-0.39, 0.29) is 5.97 Å². The average Bonchev–Trinajstić information content (AvgIpc) is 2.66. The van der Waals surface area contributed by atoms with E-state index in [4.69, 9.17) is 4.74 Å². The molecule has 0 aliphatic carbocycles. The minimum atomic E-state index is -0.376. The summed E-state index contributed by atoms with van der Waals surface area (Å²) >= 11 is 0. The van der Waals surface area contributed by atoms with Crippen molar-refractivity contribution in [2.45, 2.75) is 19.8 Å². The van der Waals surface area contributed by atoms with Crippen LogP contribution in [0, 0.1) is 0 Å². The molecular weight excluding hydrogens is 314 g/mol. The molecule has 0 radical (unpaired) electrons. The van der Waals surface area contributed by atoms with Crippen molar-refractivity contribution in [2.75, 3.05) is 26.1 Å². The second-order valence-electron chi connectivity index (χ2n) is 5.64. The Kier molecular flexibility index (Phi) is 7.08. The van der Waals surface area contributed by atoms with Gasteiger partial charge in [0.15, 0.2) is 0 Å². The summed E-state index contributed by atoms with van der Waals surface area (Å²) < 4.78 is 10.6. The van der Waals surface area contributed by atoms with Crippen molar-refractivity contribution in [2.24, 2.45) is 0 Å². The predicted octanol–water partition coefficient (Wildman–Crippen LogP) is 4.76. The van der Waals surface area contributed by atoms with Gasteiger partial charge >= 0.3 is 5.97 Å². The fraction of sp³-hybridized carbons (Fsp3) is 0.286. The van der Waals surface area contributed by atoms with E-state index in [1.807, 2.05) is 37.4 Å². The van der Waals surface area contributed by atoms with Gasteiger partial charge in [0.2, 0.25) is 0 Å². The molecule has 0 aliphatic rings.